The van der Waals surface area contributed by atoms with Crippen molar-refractivity contribution < 1.29 is 4.92 Å². The summed E-state index contributed by atoms with van der Waals surface area (Å²) in [5, 5.41) is 16.2. The number of rotatable bonds is 5. The van der Waals surface area contributed by atoms with Crippen LogP contribution < -0.4 is 5.32 Å². The largest absolute Gasteiger partial charge is 0.357 e. The molecule has 2 heterocycles. The van der Waals surface area contributed by atoms with Crippen LogP contribution in [0, 0.1) is 17.0 Å². The lowest BCUT2D eigenvalue weighted by atomic mass is 10.2. The Bertz CT molecular complexity index is 569. The fourth-order valence-corrected chi connectivity index (χ4v) is 2.69. The molecular weight excluding hydrogens is 262 g/mol. The fourth-order valence-electron chi connectivity index (χ4n) is 1.83. The zero-order chi connectivity index (χ0) is 13.8. The van der Waals surface area contributed by atoms with Gasteiger partial charge in [-0.05, 0) is 30.9 Å². The molecule has 2 rings (SSSR count). The normalized spacial score (nSPS) is 12.1. The lowest BCUT2D eigenvalue weighted by Crippen LogP contribution is -2.11. The highest BCUT2D eigenvalue weighted by atomic mass is 32.1. The standard InChI is InChI=1S/C13H15N3O2S/c1-3-10(12-5-4-8-19-12)15-13-11(16(17)18)7-6-9(2)14-13/h4-8,10H,3H2,1-2H3,(H,14,15). The third-order valence-electron chi connectivity index (χ3n) is 2.82. The van der Waals surface area contributed by atoms with E-state index in [0.29, 0.717) is 5.82 Å². The molecule has 2 aromatic rings. The van der Waals surface area contributed by atoms with E-state index in [4.69, 9.17) is 0 Å². The summed E-state index contributed by atoms with van der Waals surface area (Å²) in [6.45, 7) is 3.86. The van der Waals surface area contributed by atoms with Crippen LogP contribution in [0.5, 0.6) is 0 Å². The third kappa shape index (κ3) is 3.08. The molecule has 0 aromatic carbocycles. The molecule has 0 saturated carbocycles. The Morgan fingerprint density at radius 1 is 1.47 bits per heavy atom. The number of pyridine rings is 1. The van der Waals surface area contributed by atoms with Crippen LogP contribution in [0.2, 0.25) is 0 Å². The predicted octanol–water partition coefficient (Wildman–Crippen LogP) is 3.92. The van der Waals surface area contributed by atoms with E-state index in [2.05, 4.69) is 10.3 Å². The van der Waals surface area contributed by atoms with E-state index in [0.717, 1.165) is 17.0 Å². The van der Waals surface area contributed by atoms with Gasteiger partial charge in [0, 0.05) is 16.6 Å². The Morgan fingerprint density at radius 2 is 2.26 bits per heavy atom. The monoisotopic (exact) mass is 277 g/mol. The molecule has 0 saturated heterocycles. The smallest absolute Gasteiger partial charge is 0.311 e. The van der Waals surface area contributed by atoms with Gasteiger partial charge in [0.25, 0.3) is 0 Å². The Labute approximate surface area is 115 Å². The van der Waals surface area contributed by atoms with Gasteiger partial charge in [0.1, 0.15) is 0 Å². The first-order valence-electron chi connectivity index (χ1n) is 6.03. The van der Waals surface area contributed by atoms with Gasteiger partial charge in [0.2, 0.25) is 5.82 Å². The zero-order valence-electron chi connectivity index (χ0n) is 10.8. The molecule has 19 heavy (non-hydrogen) atoms. The highest BCUT2D eigenvalue weighted by Crippen LogP contribution is 2.30. The van der Waals surface area contributed by atoms with Crippen LogP contribution in [0.15, 0.2) is 29.6 Å². The first-order valence-corrected chi connectivity index (χ1v) is 6.91. The van der Waals surface area contributed by atoms with E-state index < -0.39 is 4.92 Å². The highest BCUT2D eigenvalue weighted by Gasteiger charge is 2.19. The van der Waals surface area contributed by atoms with E-state index in [1.807, 2.05) is 31.4 Å². The molecule has 1 unspecified atom stereocenters. The van der Waals surface area contributed by atoms with Crippen molar-refractivity contribution in [1.29, 1.82) is 0 Å². The van der Waals surface area contributed by atoms with Gasteiger partial charge in [-0.15, -0.1) is 11.3 Å². The van der Waals surface area contributed by atoms with Crippen molar-refractivity contribution in [3.63, 3.8) is 0 Å². The Hall–Kier alpha value is -1.95. The van der Waals surface area contributed by atoms with E-state index in [1.54, 1.807) is 17.4 Å². The van der Waals surface area contributed by atoms with Gasteiger partial charge in [-0.2, -0.15) is 0 Å². The van der Waals surface area contributed by atoms with Gasteiger partial charge in [0.15, 0.2) is 0 Å². The average molecular weight is 277 g/mol. The van der Waals surface area contributed by atoms with Gasteiger partial charge in [-0.25, -0.2) is 4.98 Å². The fraction of sp³-hybridized carbons (Fsp3) is 0.308. The van der Waals surface area contributed by atoms with Crippen LogP contribution in [0.3, 0.4) is 0 Å². The van der Waals surface area contributed by atoms with E-state index in [1.165, 1.54) is 6.07 Å². The summed E-state index contributed by atoms with van der Waals surface area (Å²) in [4.78, 5) is 16.0. The summed E-state index contributed by atoms with van der Waals surface area (Å²) in [7, 11) is 0. The molecule has 100 valence electrons. The number of aryl methyl sites for hydroxylation is 1. The summed E-state index contributed by atoms with van der Waals surface area (Å²) in [5.41, 5.74) is 0.773. The average Bonchev–Trinajstić information content (AvgIpc) is 2.89. The molecule has 2 aromatic heterocycles. The maximum absolute atomic E-state index is 11.0. The maximum Gasteiger partial charge on any atom is 0.311 e. The maximum atomic E-state index is 11.0. The minimum atomic E-state index is -0.407. The molecule has 0 radical (unpaired) electrons. The van der Waals surface area contributed by atoms with Crippen molar-refractivity contribution in [2.75, 3.05) is 5.32 Å². The van der Waals surface area contributed by atoms with E-state index >= 15 is 0 Å². The molecule has 0 aliphatic heterocycles. The zero-order valence-corrected chi connectivity index (χ0v) is 11.6. The van der Waals surface area contributed by atoms with Gasteiger partial charge in [0.05, 0.1) is 11.0 Å². The molecular formula is C13H15N3O2S. The molecule has 0 amide bonds. The molecule has 1 atom stereocenters. The van der Waals surface area contributed by atoms with Crippen molar-refractivity contribution in [3.8, 4) is 0 Å². The highest BCUT2D eigenvalue weighted by molar-refractivity contribution is 7.10. The summed E-state index contributed by atoms with van der Waals surface area (Å²) in [6.07, 6.45) is 0.841. The van der Waals surface area contributed by atoms with Crippen LogP contribution in [-0.2, 0) is 0 Å². The first kappa shape index (κ1) is 13.5. The van der Waals surface area contributed by atoms with Crippen LogP contribution in [-0.4, -0.2) is 9.91 Å². The van der Waals surface area contributed by atoms with Gasteiger partial charge < -0.3 is 5.32 Å². The second-order valence-corrected chi connectivity index (χ2v) is 5.18. The number of aromatic nitrogens is 1. The molecule has 1 N–H and O–H groups in total. The number of nitro groups is 1. The quantitative estimate of drug-likeness (QED) is 0.664. The molecule has 0 spiro atoms. The third-order valence-corrected chi connectivity index (χ3v) is 3.80. The van der Waals surface area contributed by atoms with E-state index in [9.17, 15) is 10.1 Å². The number of nitrogens with zero attached hydrogens (tertiary/aromatic N) is 2. The minimum absolute atomic E-state index is 0.0145. The summed E-state index contributed by atoms with van der Waals surface area (Å²) in [6, 6.07) is 7.19. The molecule has 0 aliphatic carbocycles. The number of thiophene rings is 1. The molecule has 6 heteroatoms. The molecule has 0 aliphatic rings. The van der Waals surface area contributed by atoms with Crippen molar-refractivity contribution in [3.05, 3.63) is 50.3 Å². The predicted molar refractivity (Wildman–Crippen MR) is 76.6 cm³/mol. The number of hydrogen-bond donors (Lipinski definition) is 1. The lowest BCUT2D eigenvalue weighted by molar-refractivity contribution is -0.384. The molecule has 0 fully saturated rings. The molecule has 5 nitrogen and oxygen atoms in total. The van der Waals surface area contributed by atoms with Crippen LogP contribution >= 0.6 is 11.3 Å². The Kier molecular flexibility index (Phi) is 4.11. The van der Waals surface area contributed by atoms with Crippen molar-refractivity contribution in [2.24, 2.45) is 0 Å². The van der Waals surface area contributed by atoms with Gasteiger partial charge in [-0.3, -0.25) is 10.1 Å². The van der Waals surface area contributed by atoms with Gasteiger partial charge >= 0.3 is 5.69 Å². The molecule has 0 bridgehead atoms. The number of nitrogens with one attached hydrogen (secondary N) is 1. The lowest BCUT2D eigenvalue weighted by Gasteiger charge is -2.16. The van der Waals surface area contributed by atoms with Crippen molar-refractivity contribution in [2.45, 2.75) is 26.3 Å². The first-order chi connectivity index (χ1) is 9.11. The number of anilines is 1. The SMILES string of the molecule is CCC(Nc1nc(C)ccc1[N+](=O)[O-])c1cccs1. The number of hydrogen-bond acceptors (Lipinski definition) is 5. The summed E-state index contributed by atoms with van der Waals surface area (Å²) >= 11 is 1.63. The second kappa shape index (κ2) is 5.79. The van der Waals surface area contributed by atoms with Crippen molar-refractivity contribution in [1.82, 2.24) is 4.98 Å². The summed E-state index contributed by atoms with van der Waals surface area (Å²) in [5.74, 6) is 0.338. The summed E-state index contributed by atoms with van der Waals surface area (Å²) < 4.78 is 0. The van der Waals surface area contributed by atoms with Crippen LogP contribution in [0.1, 0.15) is 30.0 Å². The second-order valence-electron chi connectivity index (χ2n) is 4.20. The topological polar surface area (TPSA) is 68.1 Å². The Morgan fingerprint density at radius 3 is 2.84 bits per heavy atom. The van der Waals surface area contributed by atoms with Crippen LogP contribution in [0.25, 0.3) is 0 Å². The van der Waals surface area contributed by atoms with Gasteiger partial charge in [-0.1, -0.05) is 13.0 Å². The van der Waals surface area contributed by atoms with Crippen molar-refractivity contribution >= 4 is 22.8 Å². The minimum Gasteiger partial charge on any atom is -0.357 e. The Balaban J connectivity index is 2.31. The van der Waals surface area contributed by atoms with Crippen LogP contribution in [0.4, 0.5) is 11.5 Å². The van der Waals surface area contributed by atoms with E-state index in [-0.39, 0.29) is 11.7 Å².